The van der Waals surface area contributed by atoms with E-state index in [1.807, 2.05) is 60.7 Å². The van der Waals surface area contributed by atoms with Gasteiger partial charge >= 0.3 is 6.18 Å². The Kier molecular flexibility index (Phi) is 10.2. The fraction of sp³-hybridized carbons (Fsp3) is 0.242. The van der Waals surface area contributed by atoms with Crippen molar-refractivity contribution in [1.29, 1.82) is 0 Å². The summed E-state index contributed by atoms with van der Waals surface area (Å²) >= 11 is 0. The lowest BCUT2D eigenvalue weighted by Crippen LogP contribution is -2.31. The van der Waals surface area contributed by atoms with Crippen molar-refractivity contribution in [2.75, 3.05) is 26.0 Å². The predicted octanol–water partition coefficient (Wildman–Crippen LogP) is 7.02. The zero-order valence-corrected chi connectivity index (χ0v) is 23.9. The largest absolute Gasteiger partial charge is 0.494 e. The van der Waals surface area contributed by atoms with Gasteiger partial charge in [0, 0.05) is 37.4 Å². The monoisotopic (exact) mass is 595 g/mol. The lowest BCUT2D eigenvalue weighted by Gasteiger charge is -2.29. The van der Waals surface area contributed by atoms with E-state index in [0.29, 0.717) is 43.7 Å². The number of aldehydes is 1. The molecule has 220 valence electrons. The van der Waals surface area contributed by atoms with Crippen molar-refractivity contribution in [3.8, 4) is 5.75 Å². The summed E-state index contributed by atoms with van der Waals surface area (Å²) in [4.78, 5) is 13.3. The van der Waals surface area contributed by atoms with E-state index in [-0.39, 0.29) is 23.0 Å². The number of ether oxygens (including phenoxy) is 1. The number of nitrogens with zero attached hydrogens (tertiary/aromatic N) is 1. The number of sulfone groups is 1. The second kappa shape index (κ2) is 13.8. The van der Waals surface area contributed by atoms with Gasteiger partial charge in [-0.3, -0.25) is 9.69 Å². The molecule has 0 aliphatic carbocycles. The molecule has 0 unspecified atom stereocenters. The van der Waals surface area contributed by atoms with Crippen molar-refractivity contribution in [1.82, 2.24) is 4.90 Å². The number of halogens is 3. The second-order valence-electron chi connectivity index (χ2n) is 10.1. The number of carbonyl (C=O) groups is 1. The quantitative estimate of drug-likeness (QED) is 0.123. The molecular formula is C33H32F3NO4S. The van der Waals surface area contributed by atoms with Gasteiger partial charge in [0.1, 0.15) is 5.75 Å². The maximum Gasteiger partial charge on any atom is 0.416 e. The molecule has 0 fully saturated rings. The molecular weight excluding hydrogens is 563 g/mol. The maximum absolute atomic E-state index is 13.4. The average molecular weight is 596 g/mol. The molecule has 42 heavy (non-hydrogen) atoms. The van der Waals surface area contributed by atoms with Gasteiger partial charge in [0.05, 0.1) is 17.1 Å². The summed E-state index contributed by atoms with van der Waals surface area (Å²) in [5.74, 6) is 0.296. The molecule has 0 radical (unpaired) electrons. The van der Waals surface area contributed by atoms with Crippen molar-refractivity contribution in [3.63, 3.8) is 0 Å². The van der Waals surface area contributed by atoms with Crippen LogP contribution in [0.4, 0.5) is 13.2 Å². The SMILES string of the molecule is CS(=O)(=O)c1cc(OCCCN(Cc2cccc(C(F)(F)F)c2)CC(c2ccccc2)c2ccccc2)ccc1C=O. The van der Waals surface area contributed by atoms with Gasteiger partial charge in [0.15, 0.2) is 16.1 Å². The third kappa shape index (κ3) is 8.53. The van der Waals surface area contributed by atoms with Gasteiger partial charge in [-0.1, -0.05) is 78.9 Å². The highest BCUT2D eigenvalue weighted by Crippen LogP contribution is 2.31. The lowest BCUT2D eigenvalue weighted by atomic mass is 9.90. The van der Waals surface area contributed by atoms with Crippen LogP contribution < -0.4 is 4.74 Å². The van der Waals surface area contributed by atoms with E-state index in [2.05, 4.69) is 4.90 Å². The summed E-state index contributed by atoms with van der Waals surface area (Å²) < 4.78 is 70.3. The minimum atomic E-state index is -4.44. The Bertz CT molecular complexity index is 1540. The van der Waals surface area contributed by atoms with Crippen molar-refractivity contribution in [2.45, 2.75) is 30.0 Å². The minimum Gasteiger partial charge on any atom is -0.494 e. The second-order valence-corrected chi connectivity index (χ2v) is 12.1. The summed E-state index contributed by atoms with van der Waals surface area (Å²) in [5, 5.41) is 0. The molecule has 5 nitrogen and oxygen atoms in total. The number of alkyl halides is 3. The van der Waals surface area contributed by atoms with Crippen LogP contribution in [0, 0.1) is 0 Å². The maximum atomic E-state index is 13.4. The van der Waals surface area contributed by atoms with Crippen molar-refractivity contribution in [2.24, 2.45) is 0 Å². The van der Waals surface area contributed by atoms with Crippen LogP contribution in [0.15, 0.2) is 108 Å². The molecule has 0 bridgehead atoms. The van der Waals surface area contributed by atoms with E-state index < -0.39 is 21.6 Å². The smallest absolute Gasteiger partial charge is 0.416 e. The Labute approximate surface area is 244 Å². The van der Waals surface area contributed by atoms with Gasteiger partial charge < -0.3 is 4.74 Å². The Hall–Kier alpha value is -3.95. The van der Waals surface area contributed by atoms with E-state index in [4.69, 9.17) is 4.74 Å². The Morgan fingerprint density at radius 2 is 1.50 bits per heavy atom. The van der Waals surface area contributed by atoms with Crippen molar-refractivity contribution < 1.29 is 31.1 Å². The number of rotatable bonds is 13. The number of carbonyl (C=O) groups excluding carboxylic acids is 1. The van der Waals surface area contributed by atoms with Gasteiger partial charge in [-0.05, 0) is 47.4 Å². The van der Waals surface area contributed by atoms with Crippen LogP contribution in [0.1, 0.15) is 45.0 Å². The first kappa shape index (κ1) is 31.0. The molecule has 0 spiro atoms. The van der Waals surface area contributed by atoms with Crippen LogP contribution in [-0.4, -0.2) is 45.6 Å². The summed E-state index contributed by atoms with van der Waals surface area (Å²) in [7, 11) is -3.63. The number of benzene rings is 4. The fourth-order valence-corrected chi connectivity index (χ4v) is 5.75. The topological polar surface area (TPSA) is 63.7 Å². The molecule has 0 saturated heterocycles. The molecule has 0 aromatic heterocycles. The van der Waals surface area contributed by atoms with Crippen molar-refractivity contribution in [3.05, 3.63) is 131 Å². The minimum absolute atomic E-state index is 0.0210. The van der Waals surface area contributed by atoms with E-state index in [1.165, 1.54) is 24.3 Å². The molecule has 0 heterocycles. The highest BCUT2D eigenvalue weighted by Gasteiger charge is 2.30. The van der Waals surface area contributed by atoms with E-state index >= 15 is 0 Å². The van der Waals surface area contributed by atoms with E-state index in [9.17, 15) is 26.4 Å². The van der Waals surface area contributed by atoms with Crippen LogP contribution >= 0.6 is 0 Å². The first-order valence-corrected chi connectivity index (χ1v) is 15.3. The van der Waals surface area contributed by atoms with E-state index in [0.717, 1.165) is 23.4 Å². The molecule has 4 rings (SSSR count). The first-order valence-electron chi connectivity index (χ1n) is 13.4. The number of hydrogen-bond acceptors (Lipinski definition) is 5. The van der Waals surface area contributed by atoms with Crippen molar-refractivity contribution >= 4 is 16.1 Å². The van der Waals surface area contributed by atoms with Crippen LogP contribution in [-0.2, 0) is 22.6 Å². The van der Waals surface area contributed by atoms with Crippen LogP contribution in [0.5, 0.6) is 5.75 Å². The van der Waals surface area contributed by atoms with Gasteiger partial charge in [-0.2, -0.15) is 13.2 Å². The standard InChI is InChI=1S/C33H32F3NO4S/c1-42(39,40)32-21-30(17-16-28(32)24-38)41-19-9-18-37(22-25-10-8-15-29(20-25)33(34,35)36)23-31(26-11-4-2-5-12-26)27-13-6-3-7-14-27/h2-8,10-17,20-21,24,31H,9,18-19,22-23H2,1H3. The average Bonchev–Trinajstić information content (AvgIpc) is 2.98. The molecule has 4 aromatic rings. The van der Waals surface area contributed by atoms with Crippen LogP contribution in [0.25, 0.3) is 0 Å². The van der Waals surface area contributed by atoms with Crippen LogP contribution in [0.3, 0.4) is 0 Å². The molecule has 9 heteroatoms. The molecule has 0 atom stereocenters. The third-order valence-corrected chi connectivity index (χ3v) is 8.06. The molecule has 0 aliphatic heterocycles. The van der Waals surface area contributed by atoms with Gasteiger partial charge in [-0.25, -0.2) is 8.42 Å². The zero-order chi connectivity index (χ0) is 30.2. The molecule has 0 aliphatic rings. The third-order valence-electron chi connectivity index (χ3n) is 6.90. The Balaban J connectivity index is 1.54. The molecule has 0 amide bonds. The molecule has 0 N–H and O–H groups in total. The first-order chi connectivity index (χ1) is 20.0. The van der Waals surface area contributed by atoms with Gasteiger partial charge in [0.2, 0.25) is 0 Å². The summed E-state index contributed by atoms with van der Waals surface area (Å²) in [6.45, 7) is 1.60. The molecule has 4 aromatic carbocycles. The zero-order valence-electron chi connectivity index (χ0n) is 23.1. The highest BCUT2D eigenvalue weighted by atomic mass is 32.2. The van der Waals surface area contributed by atoms with E-state index in [1.54, 1.807) is 12.1 Å². The summed E-state index contributed by atoms with van der Waals surface area (Å²) in [6.07, 6.45) is -2.39. The fourth-order valence-electron chi connectivity index (χ4n) is 4.87. The lowest BCUT2D eigenvalue weighted by molar-refractivity contribution is -0.137. The Morgan fingerprint density at radius 3 is 2.07 bits per heavy atom. The van der Waals surface area contributed by atoms with Crippen LogP contribution in [0.2, 0.25) is 0 Å². The van der Waals surface area contributed by atoms with Gasteiger partial charge in [-0.15, -0.1) is 0 Å². The highest BCUT2D eigenvalue weighted by molar-refractivity contribution is 7.90. The Morgan fingerprint density at radius 1 is 0.857 bits per heavy atom. The summed E-state index contributed by atoms with van der Waals surface area (Å²) in [5.41, 5.74) is 2.11. The van der Waals surface area contributed by atoms with Gasteiger partial charge in [0.25, 0.3) is 0 Å². The number of hydrogen-bond donors (Lipinski definition) is 0. The normalized spacial score (nSPS) is 12.0. The summed E-state index contributed by atoms with van der Waals surface area (Å²) in [6, 6.07) is 29.6. The molecule has 0 saturated carbocycles. The predicted molar refractivity (Wildman–Crippen MR) is 156 cm³/mol.